The van der Waals surface area contributed by atoms with Crippen LogP contribution in [-0.4, -0.2) is 24.0 Å². The van der Waals surface area contributed by atoms with Gasteiger partial charge in [0, 0.05) is 19.0 Å². The molecule has 0 atom stereocenters. The number of aromatic nitrogens is 1. The molecular formula is C14H17N3OS. The normalized spacial score (nSPS) is 15.2. The number of rotatable bonds is 5. The summed E-state index contributed by atoms with van der Waals surface area (Å²) >= 11 is 1.64. The summed E-state index contributed by atoms with van der Waals surface area (Å²) in [5.41, 5.74) is 1.02. The second kappa shape index (κ2) is 5.57. The summed E-state index contributed by atoms with van der Waals surface area (Å²) in [5.74, 6) is 0.472. The molecule has 0 aliphatic heterocycles. The number of hydrogen-bond acceptors (Lipinski definition) is 4. The SMILES string of the molecule is O=C(NCCNc1nc2ccccc2s1)C1CCC1. The van der Waals surface area contributed by atoms with Gasteiger partial charge in [-0.25, -0.2) is 4.98 Å². The van der Waals surface area contributed by atoms with Crippen molar-refractivity contribution in [1.29, 1.82) is 0 Å². The lowest BCUT2D eigenvalue weighted by Crippen LogP contribution is -2.36. The van der Waals surface area contributed by atoms with Crippen LogP contribution in [0.3, 0.4) is 0 Å². The van der Waals surface area contributed by atoms with E-state index in [-0.39, 0.29) is 11.8 Å². The Balaban J connectivity index is 1.45. The van der Waals surface area contributed by atoms with Crippen LogP contribution in [0, 0.1) is 5.92 Å². The quantitative estimate of drug-likeness (QED) is 0.825. The predicted molar refractivity (Wildman–Crippen MR) is 78.5 cm³/mol. The molecular weight excluding hydrogens is 258 g/mol. The standard InChI is InChI=1S/C14H17N3OS/c18-13(10-4-3-5-10)15-8-9-16-14-17-11-6-1-2-7-12(11)19-14/h1-2,6-7,10H,3-5,8-9H2,(H,15,18)(H,16,17). The molecule has 1 aliphatic carbocycles. The zero-order valence-corrected chi connectivity index (χ0v) is 11.5. The Morgan fingerprint density at radius 2 is 2.16 bits per heavy atom. The van der Waals surface area contributed by atoms with Gasteiger partial charge in [0.05, 0.1) is 10.2 Å². The third-order valence-electron chi connectivity index (χ3n) is 3.47. The number of anilines is 1. The molecule has 2 aromatic rings. The molecule has 1 heterocycles. The summed E-state index contributed by atoms with van der Waals surface area (Å²) in [6.07, 6.45) is 3.30. The van der Waals surface area contributed by atoms with E-state index in [1.165, 1.54) is 11.1 Å². The number of hydrogen-bond donors (Lipinski definition) is 2. The minimum atomic E-state index is 0.206. The smallest absolute Gasteiger partial charge is 0.223 e. The van der Waals surface area contributed by atoms with Crippen molar-refractivity contribution in [3.05, 3.63) is 24.3 Å². The van der Waals surface area contributed by atoms with Crippen LogP contribution >= 0.6 is 11.3 Å². The van der Waals surface area contributed by atoms with Gasteiger partial charge in [0.2, 0.25) is 5.91 Å². The monoisotopic (exact) mass is 275 g/mol. The maximum Gasteiger partial charge on any atom is 0.223 e. The Morgan fingerprint density at radius 3 is 2.89 bits per heavy atom. The molecule has 0 saturated heterocycles. The van der Waals surface area contributed by atoms with E-state index in [1.807, 2.05) is 18.2 Å². The number of benzene rings is 1. The highest BCUT2D eigenvalue weighted by molar-refractivity contribution is 7.22. The number of amides is 1. The molecule has 19 heavy (non-hydrogen) atoms. The van der Waals surface area contributed by atoms with Gasteiger partial charge in [0.15, 0.2) is 5.13 Å². The number of carbonyl (C=O) groups excluding carboxylic acids is 1. The molecule has 1 aromatic carbocycles. The Labute approximate surface area is 116 Å². The van der Waals surface area contributed by atoms with Crippen molar-refractivity contribution in [3.8, 4) is 0 Å². The summed E-state index contributed by atoms with van der Waals surface area (Å²) in [5, 5.41) is 7.14. The molecule has 0 spiro atoms. The number of thiazole rings is 1. The van der Waals surface area contributed by atoms with Gasteiger partial charge in [-0.2, -0.15) is 0 Å². The molecule has 5 heteroatoms. The van der Waals surface area contributed by atoms with E-state index in [2.05, 4.69) is 21.7 Å². The Hall–Kier alpha value is -1.62. The van der Waals surface area contributed by atoms with E-state index >= 15 is 0 Å². The number of carbonyl (C=O) groups is 1. The largest absolute Gasteiger partial charge is 0.360 e. The minimum Gasteiger partial charge on any atom is -0.360 e. The Kier molecular flexibility index (Phi) is 3.64. The molecule has 100 valence electrons. The zero-order valence-electron chi connectivity index (χ0n) is 10.7. The minimum absolute atomic E-state index is 0.206. The van der Waals surface area contributed by atoms with E-state index in [4.69, 9.17) is 0 Å². The average Bonchev–Trinajstić information content (AvgIpc) is 2.75. The molecule has 1 amide bonds. The number of nitrogens with one attached hydrogen (secondary N) is 2. The van der Waals surface area contributed by atoms with Gasteiger partial charge in [-0.05, 0) is 25.0 Å². The number of para-hydroxylation sites is 1. The lowest BCUT2D eigenvalue weighted by molar-refractivity contribution is -0.127. The van der Waals surface area contributed by atoms with E-state index in [1.54, 1.807) is 11.3 Å². The number of nitrogens with zero attached hydrogens (tertiary/aromatic N) is 1. The summed E-state index contributed by atoms with van der Waals surface area (Å²) in [4.78, 5) is 16.1. The van der Waals surface area contributed by atoms with E-state index in [0.29, 0.717) is 6.54 Å². The molecule has 2 N–H and O–H groups in total. The van der Waals surface area contributed by atoms with Gasteiger partial charge in [-0.15, -0.1) is 0 Å². The predicted octanol–water partition coefficient (Wildman–Crippen LogP) is 2.62. The highest BCUT2D eigenvalue weighted by Crippen LogP contribution is 2.26. The van der Waals surface area contributed by atoms with Crippen LogP contribution in [-0.2, 0) is 4.79 Å². The van der Waals surface area contributed by atoms with Gasteiger partial charge < -0.3 is 10.6 Å². The third kappa shape index (κ3) is 2.87. The highest BCUT2D eigenvalue weighted by Gasteiger charge is 2.24. The van der Waals surface area contributed by atoms with Crippen molar-refractivity contribution in [2.24, 2.45) is 5.92 Å². The summed E-state index contributed by atoms with van der Waals surface area (Å²) in [7, 11) is 0. The first-order chi connectivity index (χ1) is 9.33. The van der Waals surface area contributed by atoms with Crippen LogP contribution < -0.4 is 10.6 Å². The Morgan fingerprint density at radius 1 is 1.32 bits per heavy atom. The number of fused-ring (bicyclic) bond motifs is 1. The lowest BCUT2D eigenvalue weighted by Gasteiger charge is -2.23. The van der Waals surface area contributed by atoms with Crippen LogP contribution in [0.2, 0.25) is 0 Å². The second-order valence-corrected chi connectivity index (χ2v) is 5.86. The van der Waals surface area contributed by atoms with Gasteiger partial charge in [-0.1, -0.05) is 29.9 Å². The molecule has 1 aliphatic rings. The molecule has 1 aromatic heterocycles. The second-order valence-electron chi connectivity index (χ2n) is 4.83. The van der Waals surface area contributed by atoms with Crippen molar-refractivity contribution in [1.82, 2.24) is 10.3 Å². The van der Waals surface area contributed by atoms with Crippen LogP contribution in [0.5, 0.6) is 0 Å². The Bertz CT molecular complexity index is 544. The van der Waals surface area contributed by atoms with Crippen molar-refractivity contribution in [3.63, 3.8) is 0 Å². The molecule has 1 saturated carbocycles. The fourth-order valence-electron chi connectivity index (χ4n) is 2.12. The molecule has 0 unspecified atom stereocenters. The summed E-state index contributed by atoms with van der Waals surface area (Å²) < 4.78 is 1.18. The first kappa shape index (κ1) is 12.4. The topological polar surface area (TPSA) is 54.0 Å². The summed E-state index contributed by atoms with van der Waals surface area (Å²) in [6, 6.07) is 8.08. The highest BCUT2D eigenvalue weighted by atomic mass is 32.1. The lowest BCUT2D eigenvalue weighted by atomic mass is 9.85. The van der Waals surface area contributed by atoms with E-state index < -0.39 is 0 Å². The molecule has 4 nitrogen and oxygen atoms in total. The average molecular weight is 275 g/mol. The fraction of sp³-hybridized carbons (Fsp3) is 0.429. The first-order valence-corrected chi connectivity index (χ1v) is 7.52. The van der Waals surface area contributed by atoms with Gasteiger partial charge in [0.25, 0.3) is 0 Å². The van der Waals surface area contributed by atoms with Crippen molar-refractivity contribution in [2.45, 2.75) is 19.3 Å². The van der Waals surface area contributed by atoms with Gasteiger partial charge in [-0.3, -0.25) is 4.79 Å². The van der Waals surface area contributed by atoms with E-state index in [9.17, 15) is 4.79 Å². The van der Waals surface area contributed by atoms with E-state index in [0.717, 1.165) is 30.0 Å². The molecule has 0 radical (unpaired) electrons. The van der Waals surface area contributed by atoms with Crippen LogP contribution in [0.15, 0.2) is 24.3 Å². The summed E-state index contributed by atoms with van der Waals surface area (Å²) in [6.45, 7) is 1.38. The molecule has 3 rings (SSSR count). The van der Waals surface area contributed by atoms with Crippen molar-refractivity contribution in [2.75, 3.05) is 18.4 Å². The van der Waals surface area contributed by atoms with Crippen LogP contribution in [0.1, 0.15) is 19.3 Å². The van der Waals surface area contributed by atoms with Crippen molar-refractivity contribution < 1.29 is 4.79 Å². The maximum absolute atomic E-state index is 11.6. The first-order valence-electron chi connectivity index (χ1n) is 6.70. The maximum atomic E-state index is 11.6. The molecule has 1 fully saturated rings. The van der Waals surface area contributed by atoms with Crippen molar-refractivity contribution >= 4 is 32.6 Å². The van der Waals surface area contributed by atoms with Gasteiger partial charge in [0.1, 0.15) is 0 Å². The zero-order chi connectivity index (χ0) is 13.1. The fourth-order valence-corrected chi connectivity index (χ4v) is 3.01. The third-order valence-corrected chi connectivity index (χ3v) is 4.46. The van der Waals surface area contributed by atoms with Crippen LogP contribution in [0.25, 0.3) is 10.2 Å². The van der Waals surface area contributed by atoms with Crippen LogP contribution in [0.4, 0.5) is 5.13 Å². The van der Waals surface area contributed by atoms with Gasteiger partial charge >= 0.3 is 0 Å². The molecule has 0 bridgehead atoms.